The number of carbonyl (C=O) groups is 1. The van der Waals surface area contributed by atoms with Crippen molar-refractivity contribution in [2.24, 2.45) is 0 Å². The quantitative estimate of drug-likeness (QED) is 0.221. The fraction of sp³-hybridized carbons (Fsp3) is 0.179. The van der Waals surface area contributed by atoms with E-state index in [2.05, 4.69) is 5.32 Å². The number of fused-ring (bicyclic) bond motifs is 2. The lowest BCUT2D eigenvalue weighted by Gasteiger charge is -2.23. The highest BCUT2D eigenvalue weighted by Crippen LogP contribution is 2.44. The van der Waals surface area contributed by atoms with Gasteiger partial charge in [-0.1, -0.05) is 42.1 Å². The van der Waals surface area contributed by atoms with Gasteiger partial charge in [0.15, 0.2) is 17.3 Å². The molecule has 0 radical (unpaired) electrons. The summed E-state index contributed by atoms with van der Waals surface area (Å²) in [5.41, 5.74) is 4.46. The summed E-state index contributed by atoms with van der Waals surface area (Å²) in [6.45, 7) is 1.97. The summed E-state index contributed by atoms with van der Waals surface area (Å²) >= 11 is 1.37. The van der Waals surface area contributed by atoms with Crippen molar-refractivity contribution in [1.29, 1.82) is 0 Å². The number of nitrogens with zero attached hydrogens (tertiary/aromatic N) is 2. The number of para-hydroxylation sites is 2. The number of benzene rings is 3. The van der Waals surface area contributed by atoms with Crippen LogP contribution in [0.25, 0.3) is 11.4 Å². The van der Waals surface area contributed by atoms with Crippen molar-refractivity contribution >= 4 is 23.4 Å². The van der Waals surface area contributed by atoms with E-state index in [0.29, 0.717) is 34.7 Å². The molecule has 1 aliphatic heterocycles. The van der Waals surface area contributed by atoms with Gasteiger partial charge in [-0.25, -0.2) is 4.98 Å². The third-order valence-electron chi connectivity index (χ3n) is 5.88. The Balaban J connectivity index is 1.47. The lowest BCUT2D eigenvalue weighted by Crippen LogP contribution is -2.16. The van der Waals surface area contributed by atoms with E-state index >= 15 is 0 Å². The van der Waals surface area contributed by atoms with Gasteiger partial charge in [0.05, 0.1) is 25.5 Å². The summed E-state index contributed by atoms with van der Waals surface area (Å²) in [5.74, 6) is 3.12. The average Bonchev–Trinajstić information content (AvgIpc) is 2.91. The minimum Gasteiger partial charge on any atom is -0.497 e. The summed E-state index contributed by atoms with van der Waals surface area (Å²) in [4.78, 5) is 22.4. The van der Waals surface area contributed by atoms with E-state index in [9.17, 15) is 4.79 Å². The van der Waals surface area contributed by atoms with Crippen molar-refractivity contribution in [2.45, 2.75) is 18.4 Å². The van der Waals surface area contributed by atoms with E-state index in [1.807, 2.05) is 73.7 Å². The molecular weight excluding hydrogens is 474 g/mol. The van der Waals surface area contributed by atoms with Gasteiger partial charge in [-0.3, -0.25) is 4.79 Å². The molecule has 0 saturated heterocycles. The van der Waals surface area contributed by atoms with E-state index in [-0.39, 0.29) is 11.7 Å². The molecule has 1 amide bonds. The number of aryl methyl sites for hydroxylation is 1. The molecule has 3 aromatic carbocycles. The Kier molecular flexibility index (Phi) is 6.77. The van der Waals surface area contributed by atoms with Crippen LogP contribution in [-0.2, 0) is 11.2 Å². The molecule has 0 fully saturated rings. The Morgan fingerprint density at radius 1 is 1.00 bits per heavy atom. The number of hydrogen-bond acceptors (Lipinski definition) is 7. The highest BCUT2D eigenvalue weighted by molar-refractivity contribution is 8.00. The number of rotatable bonds is 7. The molecule has 36 heavy (non-hydrogen) atoms. The van der Waals surface area contributed by atoms with Gasteiger partial charge in [-0.15, -0.1) is 0 Å². The summed E-state index contributed by atoms with van der Waals surface area (Å²) in [6.07, 6.45) is 0.576. The molecule has 0 bridgehead atoms. The second-order valence-electron chi connectivity index (χ2n) is 8.24. The van der Waals surface area contributed by atoms with Crippen molar-refractivity contribution < 1.29 is 19.0 Å². The molecule has 1 N–H and O–H groups in total. The number of ether oxygens (including phenoxy) is 3. The first-order chi connectivity index (χ1) is 17.6. The summed E-state index contributed by atoms with van der Waals surface area (Å²) in [6, 6.07) is 21.0. The molecule has 7 nitrogen and oxygen atoms in total. The first-order valence-electron chi connectivity index (χ1n) is 11.4. The number of hydrogen-bond donors (Lipinski definition) is 1. The Labute approximate surface area is 213 Å². The first-order valence-corrected chi connectivity index (χ1v) is 12.4. The van der Waals surface area contributed by atoms with E-state index in [1.54, 1.807) is 14.2 Å². The van der Waals surface area contributed by atoms with Crippen LogP contribution in [0.15, 0.2) is 71.8 Å². The predicted octanol–water partition coefficient (Wildman–Crippen LogP) is 5.90. The van der Waals surface area contributed by atoms with Gasteiger partial charge in [-0.2, -0.15) is 4.98 Å². The largest absolute Gasteiger partial charge is 0.497 e. The van der Waals surface area contributed by atoms with Gasteiger partial charge < -0.3 is 19.5 Å². The number of aromatic nitrogens is 2. The standard InChI is InChI=1S/C28H25N3O4S/c1-17-7-4-5-9-22(17)29-24(32)16-36-28-21-15-19-8-6-10-23(34-3)25(19)35-27(21)30-26(31-28)18-11-13-20(33-2)14-12-18/h4-14H,15-16H2,1-3H3,(H,29,32). The predicted molar refractivity (Wildman–Crippen MR) is 140 cm³/mol. The Morgan fingerprint density at radius 3 is 2.56 bits per heavy atom. The van der Waals surface area contributed by atoms with E-state index < -0.39 is 0 Å². The highest BCUT2D eigenvalue weighted by atomic mass is 32.2. The molecular formula is C28H25N3O4S. The van der Waals surface area contributed by atoms with Crippen molar-refractivity contribution in [2.75, 3.05) is 25.3 Å². The number of nitrogens with one attached hydrogen (secondary N) is 1. The third kappa shape index (κ3) is 4.85. The Hall–Kier alpha value is -4.04. The number of thioether (sulfide) groups is 1. The maximum Gasteiger partial charge on any atom is 0.234 e. The lowest BCUT2D eigenvalue weighted by atomic mass is 10.0. The molecule has 0 unspecified atom stereocenters. The van der Waals surface area contributed by atoms with Gasteiger partial charge in [0.1, 0.15) is 10.8 Å². The minimum atomic E-state index is -0.105. The fourth-order valence-corrected chi connectivity index (χ4v) is 4.79. The fourth-order valence-electron chi connectivity index (χ4n) is 3.97. The minimum absolute atomic E-state index is 0.105. The number of anilines is 1. The average molecular weight is 500 g/mol. The van der Waals surface area contributed by atoms with Crippen LogP contribution in [0.1, 0.15) is 16.7 Å². The zero-order valence-corrected chi connectivity index (χ0v) is 21.0. The van der Waals surface area contributed by atoms with Gasteiger partial charge in [0.2, 0.25) is 11.8 Å². The maximum atomic E-state index is 12.8. The SMILES string of the molecule is COc1ccc(-c2nc3c(c(SCC(=O)Nc4ccccc4C)n2)Cc2cccc(OC)c2O3)cc1. The highest BCUT2D eigenvalue weighted by Gasteiger charge is 2.27. The van der Waals surface area contributed by atoms with Crippen molar-refractivity contribution in [3.8, 4) is 34.5 Å². The van der Waals surface area contributed by atoms with Crippen molar-refractivity contribution in [1.82, 2.24) is 9.97 Å². The molecule has 1 aliphatic rings. The summed E-state index contributed by atoms with van der Waals surface area (Å²) in [7, 11) is 3.24. The van der Waals surface area contributed by atoms with Crippen LogP contribution < -0.4 is 19.5 Å². The molecule has 0 aliphatic carbocycles. The molecule has 4 aromatic rings. The molecule has 1 aromatic heterocycles. The number of amides is 1. The maximum absolute atomic E-state index is 12.8. The van der Waals surface area contributed by atoms with E-state index in [4.69, 9.17) is 24.2 Å². The number of methoxy groups -OCH3 is 2. The normalized spacial score (nSPS) is 11.6. The molecule has 182 valence electrons. The third-order valence-corrected chi connectivity index (χ3v) is 6.90. The van der Waals surface area contributed by atoms with Crippen molar-refractivity contribution in [3.63, 3.8) is 0 Å². The molecule has 0 spiro atoms. The number of carbonyl (C=O) groups excluding carboxylic acids is 1. The van der Waals surface area contributed by atoms with Crippen LogP contribution in [0.5, 0.6) is 23.1 Å². The smallest absolute Gasteiger partial charge is 0.234 e. The zero-order valence-electron chi connectivity index (χ0n) is 20.2. The van der Waals surface area contributed by atoms with Crippen LogP contribution in [0.4, 0.5) is 5.69 Å². The zero-order chi connectivity index (χ0) is 25.1. The van der Waals surface area contributed by atoms with Crippen LogP contribution >= 0.6 is 11.8 Å². The van der Waals surface area contributed by atoms with Crippen LogP contribution in [0.2, 0.25) is 0 Å². The van der Waals surface area contributed by atoms with Gasteiger partial charge in [0.25, 0.3) is 0 Å². The topological polar surface area (TPSA) is 82.6 Å². The van der Waals surface area contributed by atoms with Crippen molar-refractivity contribution in [3.05, 3.63) is 83.4 Å². The second kappa shape index (κ2) is 10.3. The molecule has 5 rings (SSSR count). The Bertz CT molecular complexity index is 1420. The molecule has 0 saturated carbocycles. The summed E-state index contributed by atoms with van der Waals surface area (Å²) < 4.78 is 17.0. The van der Waals surface area contributed by atoms with E-state index in [1.165, 1.54) is 11.8 Å². The van der Waals surface area contributed by atoms with Crippen LogP contribution in [0, 0.1) is 6.92 Å². The lowest BCUT2D eigenvalue weighted by molar-refractivity contribution is -0.113. The Morgan fingerprint density at radius 2 is 1.81 bits per heavy atom. The monoisotopic (exact) mass is 499 g/mol. The molecule has 8 heteroatoms. The van der Waals surface area contributed by atoms with Crippen LogP contribution in [0.3, 0.4) is 0 Å². The van der Waals surface area contributed by atoms with Gasteiger partial charge in [0, 0.05) is 23.2 Å². The van der Waals surface area contributed by atoms with Crippen LogP contribution in [-0.4, -0.2) is 35.8 Å². The summed E-state index contributed by atoms with van der Waals surface area (Å²) in [5, 5.41) is 3.69. The molecule has 0 atom stereocenters. The first kappa shape index (κ1) is 23.7. The van der Waals surface area contributed by atoms with Gasteiger partial charge in [-0.05, 0) is 48.9 Å². The second-order valence-corrected chi connectivity index (χ2v) is 9.21. The van der Waals surface area contributed by atoms with E-state index in [0.717, 1.165) is 33.7 Å². The van der Waals surface area contributed by atoms with Gasteiger partial charge >= 0.3 is 0 Å². The molecule has 2 heterocycles.